The van der Waals surface area contributed by atoms with Crippen LogP contribution in [0.2, 0.25) is 0 Å². The van der Waals surface area contributed by atoms with Gasteiger partial charge in [0, 0.05) is 0 Å². The molecule has 0 aliphatic heterocycles. The molecule has 0 atom stereocenters. The van der Waals surface area contributed by atoms with Crippen molar-refractivity contribution >= 4 is 0 Å². The van der Waals surface area contributed by atoms with E-state index in [1.165, 1.54) is 0 Å². The molecule has 3 nitrogen and oxygen atoms in total. The van der Waals surface area contributed by atoms with Gasteiger partial charge < -0.3 is 17.2 Å². The van der Waals surface area contributed by atoms with E-state index in [4.69, 9.17) is 17.2 Å². The maximum absolute atomic E-state index is 5.12. The zero-order valence-electron chi connectivity index (χ0n) is 4.22. The van der Waals surface area contributed by atoms with Crippen LogP contribution in [-0.4, -0.2) is 6.54 Å². The fourth-order valence-corrected chi connectivity index (χ4v) is 0.250. The summed E-state index contributed by atoms with van der Waals surface area (Å²) in [4.78, 5) is 0. The van der Waals surface area contributed by atoms with Crippen LogP contribution in [0.25, 0.3) is 0 Å². The predicted molar refractivity (Wildman–Crippen MR) is 30.1 cm³/mol. The van der Waals surface area contributed by atoms with E-state index in [0.29, 0.717) is 12.4 Å². The Morgan fingerprint density at radius 3 is 2.14 bits per heavy atom. The minimum Gasteiger partial charge on any atom is -0.386 e. The standard InChI is InChI=1S/C4H11N3/c5-3-1-2-4(6)7/h2H,1,3,5-7H2. The Balaban J connectivity index is 3.08. The summed E-state index contributed by atoms with van der Waals surface area (Å²) in [5.41, 5.74) is 15.2. The third kappa shape index (κ3) is 5.30. The van der Waals surface area contributed by atoms with E-state index in [0.717, 1.165) is 6.42 Å². The van der Waals surface area contributed by atoms with Crippen molar-refractivity contribution in [2.75, 3.05) is 6.54 Å². The Hall–Kier alpha value is -0.700. The van der Waals surface area contributed by atoms with Crippen LogP contribution in [0.4, 0.5) is 0 Å². The third-order valence-corrected chi connectivity index (χ3v) is 0.547. The Morgan fingerprint density at radius 1 is 1.43 bits per heavy atom. The molecule has 0 aliphatic rings. The maximum atomic E-state index is 5.12. The largest absolute Gasteiger partial charge is 0.386 e. The van der Waals surface area contributed by atoms with Crippen LogP contribution in [0.3, 0.4) is 0 Å². The molecule has 0 rings (SSSR count). The molecular formula is C4H11N3. The Kier molecular flexibility index (Phi) is 3.14. The Labute approximate surface area is 43.2 Å². The van der Waals surface area contributed by atoms with Gasteiger partial charge in [-0.2, -0.15) is 0 Å². The van der Waals surface area contributed by atoms with E-state index in [1.807, 2.05) is 0 Å². The van der Waals surface area contributed by atoms with Gasteiger partial charge >= 0.3 is 0 Å². The lowest BCUT2D eigenvalue weighted by Crippen LogP contribution is -2.08. The molecule has 0 spiro atoms. The molecule has 0 heterocycles. The molecule has 0 aromatic heterocycles. The number of hydrogen-bond donors (Lipinski definition) is 3. The van der Waals surface area contributed by atoms with Crippen molar-refractivity contribution in [3.63, 3.8) is 0 Å². The molecule has 0 aromatic carbocycles. The fraction of sp³-hybridized carbons (Fsp3) is 0.500. The van der Waals surface area contributed by atoms with Crippen molar-refractivity contribution in [3.05, 3.63) is 11.9 Å². The first-order chi connectivity index (χ1) is 3.27. The lowest BCUT2D eigenvalue weighted by atomic mass is 10.4. The second-order valence-electron chi connectivity index (χ2n) is 1.28. The average molecular weight is 101 g/mol. The first-order valence-electron chi connectivity index (χ1n) is 2.18. The van der Waals surface area contributed by atoms with Crippen LogP contribution in [0.1, 0.15) is 6.42 Å². The molecule has 7 heavy (non-hydrogen) atoms. The highest BCUT2D eigenvalue weighted by atomic mass is 14.8. The molecule has 0 fully saturated rings. The van der Waals surface area contributed by atoms with Gasteiger partial charge in [0.2, 0.25) is 0 Å². The molecule has 0 saturated heterocycles. The zero-order valence-corrected chi connectivity index (χ0v) is 4.22. The van der Waals surface area contributed by atoms with Gasteiger partial charge in [0.15, 0.2) is 0 Å². The summed E-state index contributed by atoms with van der Waals surface area (Å²) < 4.78 is 0. The lowest BCUT2D eigenvalue weighted by molar-refractivity contribution is 0.987. The van der Waals surface area contributed by atoms with E-state index in [-0.39, 0.29) is 0 Å². The van der Waals surface area contributed by atoms with Crippen molar-refractivity contribution in [1.82, 2.24) is 0 Å². The van der Waals surface area contributed by atoms with Gasteiger partial charge in [-0.1, -0.05) is 0 Å². The third-order valence-electron chi connectivity index (χ3n) is 0.547. The molecule has 42 valence electrons. The highest BCUT2D eigenvalue weighted by Crippen LogP contribution is 1.75. The Morgan fingerprint density at radius 2 is 2.00 bits per heavy atom. The number of hydrogen-bond acceptors (Lipinski definition) is 3. The zero-order chi connectivity index (χ0) is 5.70. The van der Waals surface area contributed by atoms with Crippen molar-refractivity contribution in [1.29, 1.82) is 0 Å². The minimum atomic E-state index is 0.352. The van der Waals surface area contributed by atoms with E-state index in [1.54, 1.807) is 6.08 Å². The minimum absolute atomic E-state index is 0.352. The van der Waals surface area contributed by atoms with Crippen LogP contribution < -0.4 is 17.2 Å². The van der Waals surface area contributed by atoms with Gasteiger partial charge in [-0.15, -0.1) is 0 Å². The van der Waals surface area contributed by atoms with Crippen LogP contribution in [0.5, 0.6) is 0 Å². The van der Waals surface area contributed by atoms with Gasteiger partial charge in [0.05, 0.1) is 5.82 Å². The normalized spacial score (nSPS) is 8.14. The first kappa shape index (κ1) is 6.30. The summed E-state index contributed by atoms with van der Waals surface area (Å²) in [6.07, 6.45) is 2.46. The van der Waals surface area contributed by atoms with Crippen molar-refractivity contribution < 1.29 is 0 Å². The first-order valence-corrected chi connectivity index (χ1v) is 2.18. The highest BCUT2D eigenvalue weighted by molar-refractivity contribution is 4.89. The highest BCUT2D eigenvalue weighted by Gasteiger charge is 1.73. The van der Waals surface area contributed by atoms with Gasteiger partial charge in [-0.05, 0) is 19.0 Å². The molecular weight excluding hydrogens is 90.1 g/mol. The van der Waals surface area contributed by atoms with E-state index in [9.17, 15) is 0 Å². The van der Waals surface area contributed by atoms with Gasteiger partial charge in [0.25, 0.3) is 0 Å². The molecule has 3 heteroatoms. The number of nitrogens with two attached hydrogens (primary N) is 3. The summed E-state index contributed by atoms with van der Waals surface area (Å²) in [6, 6.07) is 0. The van der Waals surface area contributed by atoms with Gasteiger partial charge in [-0.3, -0.25) is 0 Å². The molecule has 0 amide bonds. The molecule has 0 bridgehead atoms. The van der Waals surface area contributed by atoms with Gasteiger partial charge in [-0.25, -0.2) is 0 Å². The van der Waals surface area contributed by atoms with Crippen LogP contribution >= 0.6 is 0 Å². The summed E-state index contributed by atoms with van der Waals surface area (Å²) in [7, 11) is 0. The summed E-state index contributed by atoms with van der Waals surface area (Å²) in [5, 5.41) is 0. The quantitative estimate of drug-likeness (QED) is 0.421. The summed E-state index contributed by atoms with van der Waals surface area (Å²) in [6.45, 7) is 0.609. The molecule has 0 aliphatic carbocycles. The van der Waals surface area contributed by atoms with Crippen LogP contribution in [0.15, 0.2) is 11.9 Å². The molecule has 0 saturated carbocycles. The topological polar surface area (TPSA) is 78.1 Å². The molecule has 0 aromatic rings. The summed E-state index contributed by atoms with van der Waals surface area (Å²) in [5.74, 6) is 0.352. The van der Waals surface area contributed by atoms with Crippen molar-refractivity contribution in [2.45, 2.75) is 6.42 Å². The number of rotatable bonds is 2. The molecule has 0 radical (unpaired) electrons. The molecule has 0 unspecified atom stereocenters. The predicted octanol–water partition coefficient (Wildman–Crippen LogP) is -0.906. The van der Waals surface area contributed by atoms with Crippen LogP contribution in [-0.2, 0) is 0 Å². The SMILES string of the molecule is NCCC=C(N)N. The monoisotopic (exact) mass is 101 g/mol. The fourth-order valence-electron chi connectivity index (χ4n) is 0.250. The van der Waals surface area contributed by atoms with E-state index >= 15 is 0 Å². The van der Waals surface area contributed by atoms with Gasteiger partial charge in [0.1, 0.15) is 0 Å². The molecule has 6 N–H and O–H groups in total. The summed E-state index contributed by atoms with van der Waals surface area (Å²) >= 11 is 0. The lowest BCUT2D eigenvalue weighted by Gasteiger charge is -1.86. The van der Waals surface area contributed by atoms with E-state index in [2.05, 4.69) is 0 Å². The second-order valence-corrected chi connectivity index (χ2v) is 1.28. The second kappa shape index (κ2) is 3.49. The Bertz CT molecular complexity index is 63.3. The van der Waals surface area contributed by atoms with E-state index < -0.39 is 0 Å². The van der Waals surface area contributed by atoms with Crippen molar-refractivity contribution in [2.24, 2.45) is 17.2 Å². The van der Waals surface area contributed by atoms with Crippen LogP contribution in [0, 0.1) is 0 Å². The maximum Gasteiger partial charge on any atom is 0.0892 e. The average Bonchev–Trinajstić information content (AvgIpc) is 1.61. The van der Waals surface area contributed by atoms with Crippen molar-refractivity contribution in [3.8, 4) is 0 Å². The smallest absolute Gasteiger partial charge is 0.0892 e.